The summed E-state index contributed by atoms with van der Waals surface area (Å²) in [5, 5.41) is 0. The van der Waals surface area contributed by atoms with Crippen molar-refractivity contribution in [3.05, 3.63) is 126 Å². The SMILES string of the molecule is C[C@@H]([C]1[CH][CH][CH][C]1[C]1[CH][CH][CH][C]1[C@H](C)N(C)C)N(C)C.[CH]1[CH][CH][CH][CH]1.[CH]1[CH][CH][CH][CH]1.[Fe+2].[Fe+2]. The van der Waals surface area contributed by atoms with Crippen LogP contribution in [0.2, 0.25) is 0 Å². The van der Waals surface area contributed by atoms with Crippen molar-refractivity contribution in [1.29, 1.82) is 0 Å². The quantitative estimate of drug-likeness (QED) is 0.502. The molecule has 0 aromatic rings. The van der Waals surface area contributed by atoms with Crippen LogP contribution < -0.4 is 0 Å². The molecule has 0 bridgehead atoms. The van der Waals surface area contributed by atoms with Crippen LogP contribution in [-0.2, 0) is 34.1 Å². The molecule has 4 aliphatic rings. The second-order valence-corrected chi connectivity index (χ2v) is 7.99. The molecular formula is C28H36Fe2N2+4. The predicted molar refractivity (Wildman–Crippen MR) is 128 cm³/mol. The van der Waals surface area contributed by atoms with Crippen molar-refractivity contribution in [2.75, 3.05) is 28.2 Å². The van der Waals surface area contributed by atoms with Gasteiger partial charge in [-0.25, -0.2) is 0 Å². The van der Waals surface area contributed by atoms with Gasteiger partial charge in [0.05, 0.1) is 0 Å². The minimum absolute atomic E-state index is 0. The maximum Gasteiger partial charge on any atom is 2.00 e. The van der Waals surface area contributed by atoms with E-state index < -0.39 is 0 Å². The minimum Gasteiger partial charge on any atom is -0.306 e. The Morgan fingerprint density at radius 1 is 0.438 bits per heavy atom. The average molecular weight is 512 g/mol. The first kappa shape index (κ1) is 33.0. The third-order valence-electron chi connectivity index (χ3n) is 5.55. The van der Waals surface area contributed by atoms with Crippen molar-refractivity contribution >= 4 is 0 Å². The summed E-state index contributed by atoms with van der Waals surface area (Å²) in [6.07, 6.45) is 33.3. The molecule has 2 nitrogen and oxygen atoms in total. The molecule has 32 heavy (non-hydrogen) atoms. The van der Waals surface area contributed by atoms with Crippen LogP contribution in [0.3, 0.4) is 0 Å². The summed E-state index contributed by atoms with van der Waals surface area (Å²) in [7, 11) is 8.54. The van der Waals surface area contributed by atoms with Gasteiger partial charge >= 0.3 is 34.1 Å². The fourth-order valence-corrected chi connectivity index (χ4v) is 3.29. The Morgan fingerprint density at radius 2 is 0.688 bits per heavy atom. The minimum atomic E-state index is 0. The molecule has 4 fully saturated rings. The number of hydrogen-bond acceptors (Lipinski definition) is 2. The normalized spacial score (nSPS) is 24.4. The van der Waals surface area contributed by atoms with Crippen molar-refractivity contribution in [2.45, 2.75) is 25.9 Å². The van der Waals surface area contributed by atoms with Crippen LogP contribution in [0.4, 0.5) is 0 Å². The van der Waals surface area contributed by atoms with Crippen molar-refractivity contribution < 1.29 is 34.1 Å². The second kappa shape index (κ2) is 18.3. The largest absolute Gasteiger partial charge is 2.00 e. The molecule has 0 aliphatic heterocycles. The first-order valence-electron chi connectivity index (χ1n) is 10.6. The topological polar surface area (TPSA) is 6.48 Å². The molecule has 0 heterocycles. The van der Waals surface area contributed by atoms with Gasteiger partial charge in [-0.15, -0.1) is 0 Å². The summed E-state index contributed by atoms with van der Waals surface area (Å²) in [4.78, 5) is 4.52. The zero-order chi connectivity index (χ0) is 21.9. The first-order valence-corrected chi connectivity index (χ1v) is 10.6. The number of rotatable bonds is 5. The maximum absolute atomic E-state index is 2.26. The molecule has 0 N–H and O–H groups in total. The summed E-state index contributed by atoms with van der Waals surface area (Å²) in [5.74, 6) is 5.57. The van der Waals surface area contributed by atoms with Gasteiger partial charge in [-0.3, -0.25) is 0 Å². The van der Waals surface area contributed by atoms with Crippen molar-refractivity contribution in [3.63, 3.8) is 0 Å². The fourth-order valence-electron chi connectivity index (χ4n) is 3.29. The molecule has 0 aromatic heterocycles. The Morgan fingerprint density at radius 3 is 0.906 bits per heavy atom. The molecule has 0 spiro atoms. The number of hydrogen-bond donors (Lipinski definition) is 0. The van der Waals surface area contributed by atoms with E-state index in [4.69, 9.17) is 0 Å². The van der Waals surface area contributed by atoms with Gasteiger partial charge < -0.3 is 9.80 Å². The summed E-state index contributed by atoms with van der Waals surface area (Å²) in [6.45, 7) is 4.52. The Bertz CT molecular complexity index is 380. The van der Waals surface area contributed by atoms with Crippen LogP contribution >= 0.6 is 0 Å². The molecule has 4 saturated carbocycles. The molecule has 0 amide bonds. The summed E-state index contributed by atoms with van der Waals surface area (Å²) >= 11 is 0. The van der Waals surface area contributed by atoms with Gasteiger partial charge in [-0.2, -0.15) is 0 Å². The zero-order valence-electron chi connectivity index (χ0n) is 20.0. The van der Waals surface area contributed by atoms with Gasteiger partial charge in [0.15, 0.2) is 0 Å². The van der Waals surface area contributed by atoms with Gasteiger partial charge in [-0.05, 0) is 157 Å². The van der Waals surface area contributed by atoms with E-state index in [0.717, 1.165) is 0 Å². The molecule has 0 saturated heterocycles. The standard InChI is InChI=1S/C18H26N2.2C5H5.2Fe/c1-13(19(3)4)15-9-7-11-17(15)18-12-8-10-16(18)14(2)20(5)6;2*1-2-4-5-3-1;;/h7-14H,1-6H3;2*1-5H;;/q;;;2*+2/t13-,14-;;;;/m0..../s1. The van der Waals surface area contributed by atoms with E-state index in [1.54, 1.807) is 0 Å². The van der Waals surface area contributed by atoms with Gasteiger partial charge in [0.25, 0.3) is 0 Å². The van der Waals surface area contributed by atoms with Gasteiger partial charge in [0.1, 0.15) is 0 Å². The Kier molecular flexibility index (Phi) is 18.8. The molecule has 2 atom stereocenters. The molecule has 4 aliphatic carbocycles. The molecule has 4 heteroatoms. The monoisotopic (exact) mass is 512 g/mol. The fraction of sp³-hybridized carbons (Fsp3) is 0.286. The molecule has 4 rings (SSSR count). The van der Waals surface area contributed by atoms with E-state index >= 15 is 0 Å². The first-order chi connectivity index (χ1) is 14.4. The van der Waals surface area contributed by atoms with Gasteiger partial charge in [-0.1, -0.05) is 0 Å². The molecule has 0 unspecified atom stereocenters. The van der Waals surface area contributed by atoms with E-state index in [9.17, 15) is 0 Å². The maximum atomic E-state index is 2.26. The Balaban J connectivity index is 0.000000657. The summed E-state index contributed by atoms with van der Waals surface area (Å²) in [5.41, 5.74) is 0. The third kappa shape index (κ3) is 10.7. The van der Waals surface area contributed by atoms with Crippen LogP contribution in [0.25, 0.3) is 0 Å². The van der Waals surface area contributed by atoms with Crippen LogP contribution in [0.1, 0.15) is 13.8 Å². The Labute approximate surface area is 223 Å². The van der Waals surface area contributed by atoms with Crippen molar-refractivity contribution in [1.82, 2.24) is 9.80 Å². The van der Waals surface area contributed by atoms with Crippen LogP contribution in [0, 0.1) is 126 Å². The van der Waals surface area contributed by atoms with Crippen LogP contribution in [0.15, 0.2) is 0 Å². The second-order valence-electron chi connectivity index (χ2n) is 7.99. The Hall–Kier alpha value is 0.959. The van der Waals surface area contributed by atoms with E-state index in [1.807, 2.05) is 64.2 Å². The van der Waals surface area contributed by atoms with Crippen molar-refractivity contribution in [3.8, 4) is 0 Å². The summed E-state index contributed by atoms with van der Waals surface area (Å²) < 4.78 is 0. The number of nitrogens with zero attached hydrogens (tertiary/aromatic N) is 2. The summed E-state index contributed by atoms with van der Waals surface area (Å²) in [6, 6.07) is 0.856. The molecule has 0 aromatic carbocycles. The van der Waals surface area contributed by atoms with E-state index in [0.29, 0.717) is 12.1 Å². The zero-order valence-corrected chi connectivity index (χ0v) is 22.2. The van der Waals surface area contributed by atoms with Gasteiger partial charge in [0, 0.05) is 23.9 Å². The molecule has 20 radical (unpaired) electrons. The van der Waals surface area contributed by atoms with E-state index in [2.05, 4.69) is 90.4 Å². The third-order valence-corrected chi connectivity index (χ3v) is 5.55. The van der Waals surface area contributed by atoms with E-state index in [1.165, 1.54) is 23.7 Å². The van der Waals surface area contributed by atoms with Crippen LogP contribution in [-0.4, -0.2) is 50.1 Å². The average Bonchev–Trinajstić information content (AvgIpc) is 3.54. The molecule has 170 valence electrons. The van der Waals surface area contributed by atoms with Crippen LogP contribution in [0.5, 0.6) is 0 Å². The smallest absolute Gasteiger partial charge is 0.306 e. The van der Waals surface area contributed by atoms with Crippen molar-refractivity contribution in [2.24, 2.45) is 0 Å². The van der Waals surface area contributed by atoms with Gasteiger partial charge in [0.2, 0.25) is 0 Å². The predicted octanol–water partition coefficient (Wildman–Crippen LogP) is 4.48. The molecular weight excluding hydrogens is 476 g/mol. The van der Waals surface area contributed by atoms with E-state index in [-0.39, 0.29) is 34.1 Å².